The van der Waals surface area contributed by atoms with Gasteiger partial charge in [-0.2, -0.15) is 0 Å². The van der Waals surface area contributed by atoms with Gasteiger partial charge in [-0.15, -0.1) is 24.8 Å². The summed E-state index contributed by atoms with van der Waals surface area (Å²) in [6.07, 6.45) is 4.74. The summed E-state index contributed by atoms with van der Waals surface area (Å²) in [7, 11) is 0. The normalized spacial score (nSPS) is 17.2. The van der Waals surface area contributed by atoms with Crippen molar-refractivity contribution in [2.75, 3.05) is 26.2 Å². The van der Waals surface area contributed by atoms with Crippen molar-refractivity contribution in [2.45, 2.75) is 26.3 Å². The summed E-state index contributed by atoms with van der Waals surface area (Å²) in [5.41, 5.74) is 1.22. The van der Waals surface area contributed by atoms with Gasteiger partial charge >= 0.3 is 0 Å². The van der Waals surface area contributed by atoms with Crippen LogP contribution in [0.1, 0.15) is 31.9 Å². The lowest BCUT2D eigenvalue weighted by molar-refractivity contribution is 0.154. The van der Waals surface area contributed by atoms with Crippen LogP contribution in [-0.2, 0) is 0 Å². The first-order valence-electron chi connectivity index (χ1n) is 6.72. The second kappa shape index (κ2) is 9.80. The van der Waals surface area contributed by atoms with Crippen molar-refractivity contribution in [1.29, 1.82) is 0 Å². The summed E-state index contributed by atoms with van der Waals surface area (Å²) in [5, 5.41) is 4.20. The lowest BCUT2D eigenvalue weighted by atomic mass is 9.95. The van der Waals surface area contributed by atoms with Crippen LogP contribution in [0.4, 0.5) is 0 Å². The van der Waals surface area contributed by atoms with Crippen LogP contribution in [0.25, 0.3) is 0 Å². The van der Waals surface area contributed by atoms with Crippen LogP contribution in [0.3, 0.4) is 0 Å². The first-order chi connectivity index (χ1) is 8.68. The molecular formula is C14H24Cl3N3. The molecule has 1 fully saturated rings. The van der Waals surface area contributed by atoms with E-state index in [-0.39, 0.29) is 24.8 Å². The fourth-order valence-corrected chi connectivity index (χ4v) is 2.81. The molecule has 0 radical (unpaired) electrons. The van der Waals surface area contributed by atoms with Gasteiger partial charge < -0.3 is 5.32 Å². The topological polar surface area (TPSA) is 28.2 Å². The standard InChI is InChI=1S/C14H22ClN3.2ClH/c1-11(2)9-14(18-7-5-16-6-8-18)12-3-4-17-10-13(12)15;;/h3-4,10-11,14,16H,5-9H2,1-2H3;2*1H/t14-;;/m1../s1. The molecule has 2 heterocycles. The lowest BCUT2D eigenvalue weighted by Gasteiger charge is -2.36. The van der Waals surface area contributed by atoms with E-state index in [4.69, 9.17) is 11.6 Å². The van der Waals surface area contributed by atoms with Crippen LogP contribution in [-0.4, -0.2) is 36.1 Å². The van der Waals surface area contributed by atoms with Crippen molar-refractivity contribution in [1.82, 2.24) is 15.2 Å². The van der Waals surface area contributed by atoms with Gasteiger partial charge in [-0.05, 0) is 24.0 Å². The van der Waals surface area contributed by atoms with E-state index in [2.05, 4.69) is 35.1 Å². The Balaban J connectivity index is 0.00000180. The molecule has 1 aliphatic rings. The van der Waals surface area contributed by atoms with Crippen molar-refractivity contribution >= 4 is 36.4 Å². The fourth-order valence-electron chi connectivity index (χ4n) is 2.57. The summed E-state index contributed by atoms with van der Waals surface area (Å²) in [5.74, 6) is 0.661. The minimum Gasteiger partial charge on any atom is -0.314 e. The van der Waals surface area contributed by atoms with E-state index in [1.807, 2.05) is 6.20 Å². The number of hydrogen-bond donors (Lipinski definition) is 1. The maximum absolute atomic E-state index is 6.32. The molecule has 1 N–H and O–H groups in total. The van der Waals surface area contributed by atoms with Gasteiger partial charge in [0.25, 0.3) is 0 Å². The van der Waals surface area contributed by atoms with E-state index in [0.29, 0.717) is 12.0 Å². The van der Waals surface area contributed by atoms with Crippen LogP contribution in [0.15, 0.2) is 18.5 Å². The highest BCUT2D eigenvalue weighted by Gasteiger charge is 2.24. The SMILES string of the molecule is CC(C)C[C@H](c1ccncc1Cl)N1CCNCC1.Cl.Cl. The van der Waals surface area contributed by atoms with Gasteiger partial charge in [0, 0.05) is 44.6 Å². The summed E-state index contributed by atoms with van der Waals surface area (Å²) in [6, 6.07) is 2.49. The zero-order valence-corrected chi connectivity index (χ0v) is 14.4. The largest absolute Gasteiger partial charge is 0.314 e. The molecule has 0 unspecified atom stereocenters. The van der Waals surface area contributed by atoms with E-state index in [9.17, 15) is 0 Å². The highest BCUT2D eigenvalue weighted by atomic mass is 35.5. The summed E-state index contributed by atoms with van der Waals surface area (Å²) in [4.78, 5) is 6.63. The Morgan fingerprint density at radius 2 is 1.95 bits per heavy atom. The predicted molar refractivity (Wildman–Crippen MR) is 90.4 cm³/mol. The molecule has 1 aromatic rings. The molecule has 6 heteroatoms. The van der Waals surface area contributed by atoms with Crippen molar-refractivity contribution < 1.29 is 0 Å². The molecule has 3 nitrogen and oxygen atoms in total. The number of nitrogens with zero attached hydrogens (tertiary/aromatic N) is 2. The lowest BCUT2D eigenvalue weighted by Crippen LogP contribution is -2.45. The Morgan fingerprint density at radius 3 is 2.50 bits per heavy atom. The first kappa shape index (κ1) is 19.9. The van der Waals surface area contributed by atoms with E-state index < -0.39 is 0 Å². The number of nitrogens with one attached hydrogen (secondary N) is 1. The molecule has 0 aliphatic carbocycles. The third kappa shape index (κ3) is 5.38. The molecular weight excluding hydrogens is 317 g/mol. The smallest absolute Gasteiger partial charge is 0.0637 e. The van der Waals surface area contributed by atoms with Crippen LogP contribution >= 0.6 is 36.4 Å². The first-order valence-corrected chi connectivity index (χ1v) is 7.10. The number of halogens is 3. The quantitative estimate of drug-likeness (QED) is 0.908. The van der Waals surface area contributed by atoms with Crippen molar-refractivity contribution in [3.63, 3.8) is 0 Å². The summed E-state index contributed by atoms with van der Waals surface area (Å²) in [6.45, 7) is 8.86. The monoisotopic (exact) mass is 339 g/mol. The van der Waals surface area contributed by atoms with Gasteiger partial charge in [-0.1, -0.05) is 25.4 Å². The molecule has 0 saturated carbocycles. The van der Waals surface area contributed by atoms with Crippen molar-refractivity contribution in [2.24, 2.45) is 5.92 Å². The molecule has 1 aliphatic heterocycles. The number of rotatable bonds is 4. The Hall–Kier alpha value is -0.0600. The zero-order valence-electron chi connectivity index (χ0n) is 12.0. The number of hydrogen-bond acceptors (Lipinski definition) is 3. The zero-order chi connectivity index (χ0) is 13.0. The molecule has 0 bridgehead atoms. The second-order valence-electron chi connectivity index (χ2n) is 5.33. The number of piperazine rings is 1. The van der Waals surface area contributed by atoms with Gasteiger partial charge in [0.15, 0.2) is 0 Å². The van der Waals surface area contributed by atoms with Gasteiger partial charge in [0.1, 0.15) is 0 Å². The van der Waals surface area contributed by atoms with Crippen LogP contribution < -0.4 is 5.32 Å². The van der Waals surface area contributed by atoms with Crippen LogP contribution in [0, 0.1) is 5.92 Å². The maximum atomic E-state index is 6.32. The molecule has 116 valence electrons. The Labute approximate surface area is 139 Å². The molecule has 0 aromatic carbocycles. The van der Waals surface area contributed by atoms with E-state index in [0.717, 1.165) is 37.6 Å². The van der Waals surface area contributed by atoms with E-state index >= 15 is 0 Å². The molecule has 0 amide bonds. The van der Waals surface area contributed by atoms with Crippen molar-refractivity contribution in [3.05, 3.63) is 29.0 Å². The number of aromatic nitrogens is 1. The fraction of sp³-hybridized carbons (Fsp3) is 0.643. The van der Waals surface area contributed by atoms with Crippen LogP contribution in [0.2, 0.25) is 5.02 Å². The molecule has 1 atom stereocenters. The average Bonchev–Trinajstić information content (AvgIpc) is 2.38. The number of pyridine rings is 1. The third-order valence-electron chi connectivity index (χ3n) is 3.45. The Morgan fingerprint density at radius 1 is 1.30 bits per heavy atom. The van der Waals surface area contributed by atoms with E-state index in [1.54, 1.807) is 6.20 Å². The molecule has 1 saturated heterocycles. The van der Waals surface area contributed by atoms with Gasteiger partial charge in [0.2, 0.25) is 0 Å². The van der Waals surface area contributed by atoms with Gasteiger partial charge in [-0.3, -0.25) is 9.88 Å². The second-order valence-corrected chi connectivity index (χ2v) is 5.74. The summed E-state index contributed by atoms with van der Waals surface area (Å²) < 4.78 is 0. The predicted octanol–water partition coefficient (Wildman–Crippen LogP) is 3.57. The minimum atomic E-state index is 0. The molecule has 2 rings (SSSR count). The molecule has 20 heavy (non-hydrogen) atoms. The Bertz CT molecular complexity index is 382. The van der Waals surface area contributed by atoms with E-state index in [1.165, 1.54) is 5.56 Å². The van der Waals surface area contributed by atoms with Gasteiger partial charge in [0.05, 0.1) is 5.02 Å². The Kier molecular flexibility index (Phi) is 9.77. The molecule has 1 aromatic heterocycles. The maximum Gasteiger partial charge on any atom is 0.0637 e. The average molecular weight is 341 g/mol. The minimum absolute atomic E-state index is 0. The highest BCUT2D eigenvalue weighted by Crippen LogP contribution is 2.32. The van der Waals surface area contributed by atoms with Gasteiger partial charge in [-0.25, -0.2) is 0 Å². The third-order valence-corrected chi connectivity index (χ3v) is 3.77. The molecule has 0 spiro atoms. The highest BCUT2D eigenvalue weighted by molar-refractivity contribution is 6.31. The van der Waals surface area contributed by atoms with Crippen LogP contribution in [0.5, 0.6) is 0 Å². The summed E-state index contributed by atoms with van der Waals surface area (Å²) >= 11 is 6.32. The van der Waals surface area contributed by atoms with Crippen molar-refractivity contribution in [3.8, 4) is 0 Å².